The zero-order valence-corrected chi connectivity index (χ0v) is 39.0. The van der Waals surface area contributed by atoms with E-state index in [4.69, 9.17) is 23.2 Å². The molecule has 5 aromatic rings. The Morgan fingerprint density at radius 1 is 0.667 bits per heavy atom. The number of allylic oxidation sites excluding steroid dienone is 2. The molecule has 2 aromatic heterocycles. The van der Waals surface area contributed by atoms with E-state index in [0.717, 1.165) is 39.0 Å². The van der Waals surface area contributed by atoms with Crippen molar-refractivity contribution < 1.29 is 14.4 Å². The molecule has 66 heavy (non-hydrogen) atoms. The van der Waals surface area contributed by atoms with Crippen LogP contribution in [-0.2, 0) is 20.9 Å². The van der Waals surface area contributed by atoms with Crippen LogP contribution in [0.2, 0.25) is 10.0 Å². The lowest BCUT2D eigenvalue weighted by atomic mass is 9.95. The molecule has 0 atom stereocenters. The largest absolute Gasteiger partial charge is 0.366 e. The highest BCUT2D eigenvalue weighted by molar-refractivity contribution is 6.38. The summed E-state index contributed by atoms with van der Waals surface area (Å²) >= 11 is 13.3. The van der Waals surface area contributed by atoms with Gasteiger partial charge in [0, 0.05) is 106 Å². The topological polar surface area (TPSA) is 132 Å². The number of amides is 3. The van der Waals surface area contributed by atoms with Crippen LogP contribution in [0.5, 0.6) is 0 Å². The predicted octanol–water partition coefficient (Wildman–Crippen LogP) is 10.9. The predicted molar refractivity (Wildman–Crippen MR) is 268 cm³/mol. The van der Waals surface area contributed by atoms with Gasteiger partial charge < -0.3 is 10.6 Å². The molecule has 0 bridgehead atoms. The maximum absolute atomic E-state index is 13.5. The van der Waals surface area contributed by atoms with Crippen LogP contribution in [0.15, 0.2) is 186 Å². The van der Waals surface area contributed by atoms with Crippen LogP contribution in [0, 0.1) is 0 Å². The molecule has 2 N–H and O–H groups in total. The molecule has 3 aromatic carbocycles. The molecular weight excluding hydrogens is 868 g/mol. The molecule has 0 spiro atoms. The standard InChI is InChI=1S/C29H27ClN4O.C24H23ClN4O2/c1-4-22-16-26(25-14-13-23(17-27(25)30)24-12-9-15-31-19-24)29(35)34(5-2)28(22)33-20(3)32-18-21-10-7-6-8-11-21;1-5-17-12-21(24(31)29(6-2)23(17)28-15(3)27-16(4)30)20-10-9-18(13-22(20)25)19-8-7-11-26-14-19/h4,6-17,19,32H,3,5,18H2,1-2H3;5,7-14H,3,6H2,1-2,4H3,(H,27,30)/b22-4-,33-28+;17-5-,28-23+. The van der Waals surface area contributed by atoms with Gasteiger partial charge in [0.05, 0.1) is 0 Å². The normalized spacial score (nSPS) is 16.2. The Balaban J connectivity index is 0.000000220. The molecule has 0 radical (unpaired) electrons. The van der Waals surface area contributed by atoms with Crippen LogP contribution in [0.3, 0.4) is 0 Å². The minimum absolute atomic E-state index is 0.149. The molecule has 0 aliphatic carbocycles. The average molecular weight is 918 g/mol. The van der Waals surface area contributed by atoms with Crippen molar-refractivity contribution in [3.63, 3.8) is 0 Å². The van der Waals surface area contributed by atoms with E-state index >= 15 is 0 Å². The van der Waals surface area contributed by atoms with Crippen LogP contribution in [0.4, 0.5) is 0 Å². The van der Waals surface area contributed by atoms with Crippen molar-refractivity contribution in [2.45, 2.75) is 41.2 Å². The molecule has 0 saturated carbocycles. The number of hydrogen-bond acceptors (Lipinski definition) is 8. The summed E-state index contributed by atoms with van der Waals surface area (Å²) in [5.41, 5.74) is 8.77. The molecule has 7 rings (SSSR count). The van der Waals surface area contributed by atoms with Crippen molar-refractivity contribution in [1.82, 2.24) is 30.4 Å². The molecule has 13 heteroatoms. The summed E-state index contributed by atoms with van der Waals surface area (Å²) in [5.74, 6) is 1.01. The number of likely N-dealkylation sites (N-methyl/N-ethyl adjacent to an activating group) is 2. The van der Waals surface area contributed by atoms with Crippen molar-refractivity contribution in [3.8, 4) is 22.3 Å². The van der Waals surface area contributed by atoms with Gasteiger partial charge >= 0.3 is 0 Å². The maximum Gasteiger partial charge on any atom is 0.260 e. The van der Waals surface area contributed by atoms with Crippen molar-refractivity contribution in [2.75, 3.05) is 13.1 Å². The minimum atomic E-state index is -0.279. The summed E-state index contributed by atoms with van der Waals surface area (Å²) in [5, 5.41) is 6.74. The fourth-order valence-electron chi connectivity index (χ4n) is 7.23. The summed E-state index contributed by atoms with van der Waals surface area (Å²) in [6.45, 7) is 18.2. The lowest BCUT2D eigenvalue weighted by molar-refractivity contribution is -0.122. The molecule has 0 fully saturated rings. The van der Waals surface area contributed by atoms with Gasteiger partial charge in [0.1, 0.15) is 23.3 Å². The second-order valence-electron chi connectivity index (χ2n) is 14.9. The third-order valence-electron chi connectivity index (χ3n) is 10.5. The summed E-state index contributed by atoms with van der Waals surface area (Å²) in [4.78, 5) is 58.7. The van der Waals surface area contributed by atoms with Gasteiger partial charge in [0.25, 0.3) is 11.8 Å². The van der Waals surface area contributed by atoms with Crippen LogP contribution < -0.4 is 10.6 Å². The summed E-state index contributed by atoms with van der Waals surface area (Å²) < 4.78 is 0. The van der Waals surface area contributed by atoms with Crippen molar-refractivity contribution >= 4 is 63.7 Å². The van der Waals surface area contributed by atoms with Crippen LogP contribution in [0.1, 0.15) is 51.3 Å². The third-order valence-corrected chi connectivity index (χ3v) is 11.1. The van der Waals surface area contributed by atoms with Crippen molar-refractivity contribution in [2.24, 2.45) is 9.98 Å². The van der Waals surface area contributed by atoms with Crippen LogP contribution >= 0.6 is 23.2 Å². The van der Waals surface area contributed by atoms with Crippen LogP contribution in [-0.4, -0.2) is 62.3 Å². The minimum Gasteiger partial charge on any atom is -0.366 e. The fourth-order valence-corrected chi connectivity index (χ4v) is 7.79. The van der Waals surface area contributed by atoms with Gasteiger partial charge in [-0.25, -0.2) is 9.98 Å². The Morgan fingerprint density at radius 3 is 1.53 bits per heavy atom. The molecule has 0 saturated heterocycles. The fraction of sp³-hybridized carbons (Fsp3) is 0.151. The van der Waals surface area contributed by atoms with Crippen LogP contribution in [0.25, 0.3) is 33.4 Å². The number of halogens is 2. The van der Waals surface area contributed by atoms with E-state index in [9.17, 15) is 14.4 Å². The quantitative estimate of drug-likeness (QED) is 0.128. The zero-order chi connectivity index (χ0) is 47.3. The third kappa shape index (κ3) is 11.4. The summed E-state index contributed by atoms with van der Waals surface area (Å²) in [6, 6.07) is 29.0. The number of nitrogens with one attached hydrogen (secondary N) is 2. The first-order valence-corrected chi connectivity index (χ1v) is 22.0. The molecule has 2 aliphatic heterocycles. The van der Waals surface area contributed by atoms with Gasteiger partial charge in [-0.3, -0.25) is 34.2 Å². The van der Waals surface area contributed by atoms with E-state index in [1.165, 1.54) is 6.92 Å². The van der Waals surface area contributed by atoms with E-state index in [0.29, 0.717) is 69.4 Å². The van der Waals surface area contributed by atoms with Gasteiger partial charge in [-0.15, -0.1) is 0 Å². The number of aromatic nitrogens is 2. The molecule has 2 aliphatic rings. The Bertz CT molecular complexity index is 2850. The monoisotopic (exact) mass is 916 g/mol. The summed E-state index contributed by atoms with van der Waals surface area (Å²) in [6.07, 6.45) is 14.4. The van der Waals surface area contributed by atoms with E-state index in [1.54, 1.807) is 40.7 Å². The first-order chi connectivity index (χ1) is 31.9. The number of aliphatic imine (C=N–C) groups is 2. The van der Waals surface area contributed by atoms with Crippen molar-refractivity contribution in [1.29, 1.82) is 0 Å². The number of carbonyl (C=O) groups is 3. The maximum atomic E-state index is 13.5. The second-order valence-corrected chi connectivity index (χ2v) is 15.7. The Kier molecular flexibility index (Phi) is 16.3. The Labute approximate surface area is 396 Å². The van der Waals surface area contributed by atoms with Gasteiger partial charge in [-0.05, 0) is 80.8 Å². The number of amidine groups is 2. The molecule has 334 valence electrons. The van der Waals surface area contributed by atoms with E-state index in [1.807, 2.05) is 137 Å². The highest BCUT2D eigenvalue weighted by atomic mass is 35.5. The lowest BCUT2D eigenvalue weighted by Crippen LogP contribution is -2.41. The smallest absolute Gasteiger partial charge is 0.260 e. The lowest BCUT2D eigenvalue weighted by Gasteiger charge is -2.30. The molecule has 11 nitrogen and oxygen atoms in total. The first kappa shape index (κ1) is 48.0. The number of nitrogens with zero attached hydrogens (tertiary/aromatic N) is 6. The number of rotatable bonds is 12. The molecular formula is C53H50Cl2N8O3. The molecule has 3 amide bonds. The number of carbonyl (C=O) groups excluding carboxylic acids is 3. The number of hydrogen-bond donors (Lipinski definition) is 2. The molecule has 0 unspecified atom stereocenters. The number of pyridine rings is 2. The zero-order valence-electron chi connectivity index (χ0n) is 37.5. The Morgan fingerprint density at radius 2 is 1.14 bits per heavy atom. The van der Waals surface area contributed by atoms with Crippen molar-refractivity contribution in [3.05, 3.63) is 203 Å². The second kappa shape index (κ2) is 22.4. The van der Waals surface area contributed by atoms with Gasteiger partial charge in [0.2, 0.25) is 5.91 Å². The highest BCUT2D eigenvalue weighted by Gasteiger charge is 2.32. The average Bonchev–Trinajstić information content (AvgIpc) is 3.32. The van der Waals surface area contributed by atoms with E-state index in [2.05, 4.69) is 43.7 Å². The highest BCUT2D eigenvalue weighted by Crippen LogP contribution is 2.35. The Hall–Kier alpha value is -7.47. The SMILES string of the molecule is C=C(/N=C1\C(=C/C)C=C(c2ccc(-c3cccnc3)cc2Cl)C(=O)N1CC)NC(C)=O.C=C(/N=C1\C(=C/C)C=C(c2ccc(-c3cccnc3)cc2Cl)C(=O)N1CC)NCc1ccccc1. The van der Waals surface area contributed by atoms with E-state index in [-0.39, 0.29) is 23.5 Å². The summed E-state index contributed by atoms with van der Waals surface area (Å²) in [7, 11) is 0. The first-order valence-electron chi connectivity index (χ1n) is 21.3. The van der Waals surface area contributed by atoms with Gasteiger partial charge in [0.15, 0.2) is 0 Å². The van der Waals surface area contributed by atoms with E-state index < -0.39 is 0 Å². The van der Waals surface area contributed by atoms with Gasteiger partial charge in [-0.1, -0.05) is 115 Å². The number of benzene rings is 3. The molecule has 4 heterocycles. The van der Waals surface area contributed by atoms with Gasteiger partial charge in [-0.2, -0.15) is 0 Å².